The molecule has 0 saturated heterocycles. The van der Waals surface area contributed by atoms with Crippen molar-refractivity contribution in [2.45, 2.75) is 38.9 Å². The molecule has 20 heavy (non-hydrogen) atoms. The van der Waals surface area contributed by atoms with Crippen LogP contribution < -0.4 is 5.32 Å². The molecule has 2 aromatic rings. The molecule has 0 aliphatic carbocycles. The Morgan fingerprint density at radius 2 is 2.10 bits per heavy atom. The summed E-state index contributed by atoms with van der Waals surface area (Å²) in [5.41, 5.74) is 2.45. The van der Waals surface area contributed by atoms with Crippen LogP contribution in [0.15, 0.2) is 42.7 Å². The van der Waals surface area contributed by atoms with Gasteiger partial charge in [-0.05, 0) is 12.0 Å². The molecule has 1 aromatic heterocycles. The van der Waals surface area contributed by atoms with Crippen LogP contribution in [0.4, 0.5) is 0 Å². The number of hydrogen-bond donors (Lipinski definition) is 1. The SMILES string of the molecule is C#CCC(CC)NCc1cnn(Cc2ccccc2)c1. The van der Waals surface area contributed by atoms with Gasteiger partial charge in [0, 0.05) is 30.8 Å². The van der Waals surface area contributed by atoms with Crippen molar-refractivity contribution in [1.29, 1.82) is 0 Å². The van der Waals surface area contributed by atoms with Crippen molar-refractivity contribution in [3.05, 3.63) is 53.9 Å². The van der Waals surface area contributed by atoms with Crippen LogP contribution in [0.5, 0.6) is 0 Å². The van der Waals surface area contributed by atoms with E-state index < -0.39 is 0 Å². The number of rotatable bonds is 7. The predicted molar refractivity (Wildman–Crippen MR) is 82.1 cm³/mol. The molecule has 0 aliphatic rings. The Morgan fingerprint density at radius 1 is 1.30 bits per heavy atom. The molecule has 1 aromatic carbocycles. The highest BCUT2D eigenvalue weighted by atomic mass is 15.3. The molecule has 3 nitrogen and oxygen atoms in total. The van der Waals surface area contributed by atoms with Crippen LogP contribution >= 0.6 is 0 Å². The van der Waals surface area contributed by atoms with Gasteiger partial charge in [0.15, 0.2) is 0 Å². The third kappa shape index (κ3) is 4.25. The number of benzene rings is 1. The molecule has 0 amide bonds. The zero-order valence-corrected chi connectivity index (χ0v) is 11.9. The Balaban J connectivity index is 1.88. The normalized spacial score (nSPS) is 12.0. The van der Waals surface area contributed by atoms with E-state index in [0.717, 1.165) is 25.9 Å². The zero-order valence-electron chi connectivity index (χ0n) is 11.9. The number of hydrogen-bond acceptors (Lipinski definition) is 2. The maximum Gasteiger partial charge on any atom is 0.0659 e. The van der Waals surface area contributed by atoms with Crippen LogP contribution in [0.2, 0.25) is 0 Å². The standard InChI is InChI=1S/C17H21N3/c1-3-8-17(4-2)18-11-16-12-19-20(14-16)13-15-9-6-5-7-10-15/h1,5-7,9-10,12,14,17-18H,4,8,11,13H2,2H3. The molecule has 1 N–H and O–H groups in total. The summed E-state index contributed by atoms with van der Waals surface area (Å²) < 4.78 is 1.97. The Bertz CT molecular complexity index is 551. The van der Waals surface area contributed by atoms with E-state index in [2.05, 4.69) is 41.6 Å². The van der Waals surface area contributed by atoms with Gasteiger partial charge in [-0.25, -0.2) is 0 Å². The van der Waals surface area contributed by atoms with Crippen molar-refractivity contribution in [3.63, 3.8) is 0 Å². The molecule has 1 heterocycles. The lowest BCUT2D eigenvalue weighted by Gasteiger charge is -2.12. The first-order valence-corrected chi connectivity index (χ1v) is 7.04. The minimum atomic E-state index is 0.387. The fourth-order valence-electron chi connectivity index (χ4n) is 2.12. The van der Waals surface area contributed by atoms with Crippen LogP contribution in [0.1, 0.15) is 30.9 Å². The van der Waals surface area contributed by atoms with Gasteiger partial charge in [0.05, 0.1) is 12.7 Å². The van der Waals surface area contributed by atoms with Crippen LogP contribution in [-0.2, 0) is 13.1 Å². The second kappa shape index (κ2) is 7.52. The molecule has 0 fully saturated rings. The van der Waals surface area contributed by atoms with Gasteiger partial charge in [-0.1, -0.05) is 37.3 Å². The molecule has 0 radical (unpaired) electrons. The number of nitrogens with zero attached hydrogens (tertiary/aromatic N) is 2. The highest BCUT2D eigenvalue weighted by Gasteiger charge is 2.05. The van der Waals surface area contributed by atoms with Crippen molar-refractivity contribution >= 4 is 0 Å². The second-order valence-electron chi connectivity index (χ2n) is 4.93. The van der Waals surface area contributed by atoms with E-state index in [4.69, 9.17) is 6.42 Å². The van der Waals surface area contributed by atoms with Crippen LogP contribution in [-0.4, -0.2) is 15.8 Å². The summed E-state index contributed by atoms with van der Waals surface area (Å²) in [6.07, 6.45) is 11.2. The number of nitrogens with one attached hydrogen (secondary N) is 1. The van der Waals surface area contributed by atoms with Crippen molar-refractivity contribution in [2.24, 2.45) is 0 Å². The van der Waals surface area contributed by atoms with Gasteiger partial charge in [0.25, 0.3) is 0 Å². The quantitative estimate of drug-likeness (QED) is 0.782. The highest BCUT2D eigenvalue weighted by molar-refractivity contribution is 5.15. The lowest BCUT2D eigenvalue weighted by molar-refractivity contribution is 0.506. The van der Waals surface area contributed by atoms with E-state index in [-0.39, 0.29) is 0 Å². The monoisotopic (exact) mass is 267 g/mol. The maximum absolute atomic E-state index is 5.36. The van der Waals surface area contributed by atoms with Gasteiger partial charge in [0.1, 0.15) is 0 Å². The summed E-state index contributed by atoms with van der Waals surface area (Å²) in [6.45, 7) is 3.77. The molecule has 0 aliphatic heterocycles. The molecule has 104 valence electrons. The number of terminal acetylenes is 1. The first-order valence-electron chi connectivity index (χ1n) is 7.04. The van der Waals surface area contributed by atoms with Crippen LogP contribution in [0.25, 0.3) is 0 Å². The van der Waals surface area contributed by atoms with E-state index in [9.17, 15) is 0 Å². The second-order valence-corrected chi connectivity index (χ2v) is 4.93. The predicted octanol–water partition coefficient (Wildman–Crippen LogP) is 2.82. The van der Waals surface area contributed by atoms with Gasteiger partial charge in [-0.3, -0.25) is 4.68 Å². The Hall–Kier alpha value is -2.05. The van der Waals surface area contributed by atoms with E-state index >= 15 is 0 Å². The molecular weight excluding hydrogens is 246 g/mol. The fourth-order valence-corrected chi connectivity index (χ4v) is 2.12. The van der Waals surface area contributed by atoms with Crippen molar-refractivity contribution in [1.82, 2.24) is 15.1 Å². The summed E-state index contributed by atoms with van der Waals surface area (Å²) in [7, 11) is 0. The first kappa shape index (κ1) is 14.4. The first-order chi connectivity index (χ1) is 9.81. The van der Waals surface area contributed by atoms with Gasteiger partial charge >= 0.3 is 0 Å². The zero-order chi connectivity index (χ0) is 14.2. The average molecular weight is 267 g/mol. The summed E-state index contributed by atoms with van der Waals surface area (Å²) in [4.78, 5) is 0. The molecule has 1 unspecified atom stereocenters. The minimum absolute atomic E-state index is 0.387. The van der Waals surface area contributed by atoms with E-state index in [1.807, 2.05) is 29.1 Å². The Kier molecular flexibility index (Phi) is 5.40. The molecule has 0 saturated carbocycles. The topological polar surface area (TPSA) is 29.9 Å². The van der Waals surface area contributed by atoms with Crippen molar-refractivity contribution in [2.75, 3.05) is 0 Å². The smallest absolute Gasteiger partial charge is 0.0659 e. The highest BCUT2D eigenvalue weighted by Crippen LogP contribution is 2.05. The third-order valence-corrected chi connectivity index (χ3v) is 3.33. The van der Waals surface area contributed by atoms with Gasteiger partial charge in [-0.15, -0.1) is 12.3 Å². The molecule has 1 atom stereocenters. The average Bonchev–Trinajstić information content (AvgIpc) is 2.92. The van der Waals surface area contributed by atoms with Gasteiger partial charge in [0.2, 0.25) is 0 Å². The molecule has 3 heteroatoms. The lowest BCUT2D eigenvalue weighted by atomic mass is 10.1. The van der Waals surface area contributed by atoms with Crippen molar-refractivity contribution in [3.8, 4) is 12.3 Å². The lowest BCUT2D eigenvalue weighted by Crippen LogP contribution is -2.27. The number of aromatic nitrogens is 2. The van der Waals surface area contributed by atoms with Crippen LogP contribution in [0.3, 0.4) is 0 Å². The summed E-state index contributed by atoms with van der Waals surface area (Å²) in [5.74, 6) is 2.71. The third-order valence-electron chi connectivity index (χ3n) is 3.33. The van der Waals surface area contributed by atoms with Crippen molar-refractivity contribution < 1.29 is 0 Å². The molecule has 0 spiro atoms. The largest absolute Gasteiger partial charge is 0.309 e. The summed E-state index contributed by atoms with van der Waals surface area (Å²) in [6, 6.07) is 10.7. The van der Waals surface area contributed by atoms with Gasteiger partial charge < -0.3 is 5.32 Å². The Morgan fingerprint density at radius 3 is 2.80 bits per heavy atom. The van der Waals surface area contributed by atoms with Crippen LogP contribution in [0, 0.1) is 12.3 Å². The Labute approximate surface area is 121 Å². The van der Waals surface area contributed by atoms with E-state index in [1.165, 1.54) is 11.1 Å². The van der Waals surface area contributed by atoms with E-state index in [0.29, 0.717) is 6.04 Å². The molecule has 2 rings (SSSR count). The van der Waals surface area contributed by atoms with Gasteiger partial charge in [-0.2, -0.15) is 5.10 Å². The molecule has 0 bridgehead atoms. The summed E-state index contributed by atoms with van der Waals surface area (Å²) in [5, 5.41) is 7.87. The molecular formula is C17H21N3. The minimum Gasteiger partial charge on any atom is -0.309 e. The maximum atomic E-state index is 5.36. The summed E-state index contributed by atoms with van der Waals surface area (Å²) >= 11 is 0. The fraction of sp³-hybridized carbons (Fsp3) is 0.353. The van der Waals surface area contributed by atoms with E-state index in [1.54, 1.807) is 0 Å².